The average molecular weight is 334 g/mol. The van der Waals surface area contributed by atoms with Gasteiger partial charge in [0.15, 0.2) is 5.44 Å². The van der Waals surface area contributed by atoms with E-state index in [-0.39, 0.29) is 0 Å². The molecule has 1 fully saturated rings. The molecule has 0 spiro atoms. The third-order valence-corrected chi connectivity index (χ3v) is 4.85. The fourth-order valence-electron chi connectivity index (χ4n) is 2.33. The number of hydrogen-bond acceptors (Lipinski definition) is 7. The van der Waals surface area contributed by atoms with E-state index in [1.165, 1.54) is 11.8 Å². The van der Waals surface area contributed by atoms with E-state index < -0.39 is 23.7 Å². The molecule has 7 heteroatoms. The summed E-state index contributed by atoms with van der Waals surface area (Å²) in [5.41, 5.74) is 2.11. The lowest BCUT2D eigenvalue weighted by molar-refractivity contribution is -0.0786. The monoisotopic (exact) mass is 334 g/mol. The number of aliphatic hydroxyl groups is 3. The van der Waals surface area contributed by atoms with Gasteiger partial charge in [0.25, 0.3) is 0 Å². The number of thioether (sulfide) groups is 1. The lowest BCUT2D eigenvalue weighted by Gasteiger charge is -2.34. The highest BCUT2D eigenvalue weighted by Gasteiger charge is 2.38. The van der Waals surface area contributed by atoms with Crippen LogP contribution in [0.4, 0.5) is 0 Å². The Hall–Kier alpha value is -1.67. The van der Waals surface area contributed by atoms with Crippen molar-refractivity contribution < 1.29 is 20.1 Å². The van der Waals surface area contributed by atoms with Crippen LogP contribution in [0.15, 0.2) is 36.8 Å². The molecule has 6 nitrogen and oxygen atoms in total. The molecule has 0 saturated carbocycles. The molecule has 1 saturated heterocycles. The number of aliphatic hydroxyl groups excluding tert-OH is 3. The first-order valence-electron chi connectivity index (χ1n) is 7.25. The van der Waals surface area contributed by atoms with Crippen LogP contribution in [0.1, 0.15) is 5.56 Å². The quantitative estimate of drug-likeness (QED) is 0.770. The van der Waals surface area contributed by atoms with Crippen LogP contribution in [0.2, 0.25) is 0 Å². The largest absolute Gasteiger partial charge is 0.475 e. The van der Waals surface area contributed by atoms with Crippen molar-refractivity contribution in [2.75, 3.05) is 5.75 Å². The van der Waals surface area contributed by atoms with Crippen molar-refractivity contribution >= 4 is 11.8 Å². The Morgan fingerprint density at radius 3 is 2.65 bits per heavy atom. The zero-order valence-electron chi connectivity index (χ0n) is 12.5. The first kappa shape index (κ1) is 16.2. The number of aromatic nitrogens is 2. The number of pyridine rings is 2. The van der Waals surface area contributed by atoms with E-state index in [1.54, 1.807) is 24.7 Å². The van der Waals surface area contributed by atoms with Crippen molar-refractivity contribution in [3.05, 3.63) is 42.4 Å². The number of ether oxygens (including phenoxy) is 1. The molecular formula is C16H18N2O4S. The van der Waals surface area contributed by atoms with Crippen LogP contribution in [0, 0.1) is 6.92 Å². The number of hydrogen-bond donors (Lipinski definition) is 3. The normalized spacial score (nSPS) is 27.7. The van der Waals surface area contributed by atoms with Crippen LogP contribution < -0.4 is 4.74 Å². The molecule has 4 atom stereocenters. The minimum absolute atomic E-state index is 0.309. The van der Waals surface area contributed by atoms with Gasteiger partial charge in [-0.3, -0.25) is 9.97 Å². The second-order valence-corrected chi connectivity index (χ2v) is 6.63. The van der Waals surface area contributed by atoms with Crippen molar-refractivity contribution in [3.63, 3.8) is 0 Å². The molecule has 122 valence electrons. The summed E-state index contributed by atoms with van der Waals surface area (Å²) in [6.07, 6.45) is 1.81. The predicted octanol–water partition coefficient (Wildman–Crippen LogP) is 0.986. The maximum absolute atomic E-state index is 9.95. The number of rotatable bonds is 3. The molecule has 0 aromatic carbocycles. The van der Waals surface area contributed by atoms with Crippen molar-refractivity contribution in [2.45, 2.75) is 30.7 Å². The average Bonchev–Trinajstić information content (AvgIpc) is 2.56. The lowest BCUT2D eigenvalue weighted by atomic mass is 10.1. The number of aryl methyl sites for hydroxylation is 1. The smallest absolute Gasteiger partial charge is 0.173 e. The molecule has 0 aliphatic carbocycles. The van der Waals surface area contributed by atoms with Gasteiger partial charge in [-0.15, -0.1) is 11.8 Å². The maximum Gasteiger partial charge on any atom is 0.173 e. The molecule has 0 unspecified atom stereocenters. The van der Waals surface area contributed by atoms with Gasteiger partial charge >= 0.3 is 0 Å². The van der Waals surface area contributed by atoms with Gasteiger partial charge in [0.2, 0.25) is 0 Å². The first-order valence-corrected chi connectivity index (χ1v) is 8.30. The van der Waals surface area contributed by atoms with E-state index in [0.717, 1.165) is 16.8 Å². The van der Waals surface area contributed by atoms with Crippen molar-refractivity contribution in [2.24, 2.45) is 0 Å². The third kappa shape index (κ3) is 3.64. The Bertz CT molecular complexity index is 667. The van der Waals surface area contributed by atoms with Crippen LogP contribution in [-0.4, -0.2) is 54.8 Å². The third-order valence-electron chi connectivity index (χ3n) is 3.61. The standard InChI is InChI=1S/C16H18N2O4S/c1-9-4-10(6-17-5-9)12-3-2-11(7-18-12)22-16-15(21)14(20)13(19)8-23-16/h2-7,13-16,19-21H,8H2,1H3/t13-,14+,15-,16-/m1/s1. The van der Waals surface area contributed by atoms with Gasteiger partial charge in [-0.1, -0.05) is 0 Å². The Kier molecular flexibility index (Phi) is 4.82. The van der Waals surface area contributed by atoms with Crippen molar-refractivity contribution in [1.82, 2.24) is 9.97 Å². The first-order chi connectivity index (χ1) is 11.0. The highest BCUT2D eigenvalue weighted by molar-refractivity contribution is 7.99. The Morgan fingerprint density at radius 1 is 1.13 bits per heavy atom. The summed E-state index contributed by atoms with van der Waals surface area (Å²) in [5, 5.41) is 29.2. The molecule has 1 aliphatic heterocycles. The predicted molar refractivity (Wildman–Crippen MR) is 87.1 cm³/mol. The fourth-order valence-corrected chi connectivity index (χ4v) is 3.45. The molecule has 2 aromatic rings. The van der Waals surface area contributed by atoms with E-state index in [0.29, 0.717) is 11.5 Å². The minimum Gasteiger partial charge on any atom is -0.475 e. The summed E-state index contributed by atoms with van der Waals surface area (Å²) in [6.45, 7) is 1.97. The highest BCUT2D eigenvalue weighted by atomic mass is 32.2. The summed E-state index contributed by atoms with van der Waals surface area (Å²) in [6, 6.07) is 5.57. The lowest BCUT2D eigenvalue weighted by Crippen LogP contribution is -2.50. The molecule has 3 N–H and O–H groups in total. The van der Waals surface area contributed by atoms with Gasteiger partial charge < -0.3 is 20.1 Å². The highest BCUT2D eigenvalue weighted by Crippen LogP contribution is 2.29. The summed E-state index contributed by atoms with van der Waals surface area (Å²) in [4.78, 5) is 8.49. The molecule has 0 bridgehead atoms. The second kappa shape index (κ2) is 6.84. The van der Waals surface area contributed by atoms with E-state index in [1.807, 2.05) is 19.1 Å². The van der Waals surface area contributed by atoms with E-state index in [2.05, 4.69) is 9.97 Å². The van der Waals surface area contributed by atoms with Gasteiger partial charge in [0, 0.05) is 23.7 Å². The van der Waals surface area contributed by atoms with Crippen molar-refractivity contribution in [3.8, 4) is 17.0 Å². The molecule has 3 heterocycles. The topological polar surface area (TPSA) is 95.7 Å². The van der Waals surface area contributed by atoms with E-state index in [9.17, 15) is 15.3 Å². The molecule has 23 heavy (non-hydrogen) atoms. The molecule has 1 aliphatic rings. The van der Waals surface area contributed by atoms with Gasteiger partial charge in [0.1, 0.15) is 18.0 Å². The fraction of sp³-hybridized carbons (Fsp3) is 0.375. The second-order valence-electron chi connectivity index (χ2n) is 5.50. The zero-order chi connectivity index (χ0) is 16.4. The summed E-state index contributed by atoms with van der Waals surface area (Å²) in [5.74, 6) is 0.804. The van der Waals surface area contributed by atoms with Crippen LogP contribution in [0.5, 0.6) is 5.75 Å². The zero-order valence-corrected chi connectivity index (χ0v) is 13.3. The van der Waals surface area contributed by atoms with E-state index in [4.69, 9.17) is 4.74 Å². The van der Waals surface area contributed by atoms with Gasteiger partial charge in [-0.2, -0.15) is 0 Å². The maximum atomic E-state index is 9.95. The van der Waals surface area contributed by atoms with Gasteiger partial charge in [-0.25, -0.2) is 0 Å². The molecule has 0 amide bonds. The van der Waals surface area contributed by atoms with E-state index >= 15 is 0 Å². The number of nitrogens with zero attached hydrogens (tertiary/aromatic N) is 2. The minimum atomic E-state index is -1.20. The molecule has 2 aromatic heterocycles. The summed E-state index contributed by atoms with van der Waals surface area (Å²) >= 11 is 1.26. The SMILES string of the molecule is Cc1cncc(-c2ccc(O[C@@H]3SC[C@@H](O)[C@H](O)[C@H]3O)cn2)c1. The van der Waals surface area contributed by atoms with Crippen LogP contribution in [-0.2, 0) is 0 Å². The van der Waals surface area contributed by atoms with Crippen molar-refractivity contribution in [1.29, 1.82) is 0 Å². The van der Waals surface area contributed by atoms with Gasteiger partial charge in [-0.05, 0) is 30.7 Å². The van der Waals surface area contributed by atoms with Gasteiger partial charge in [0.05, 0.1) is 18.0 Å². The Labute approximate surface area is 138 Å². The summed E-state index contributed by atoms with van der Waals surface area (Å²) < 4.78 is 5.66. The molecule has 3 rings (SSSR count). The Balaban J connectivity index is 1.70. The summed E-state index contributed by atoms with van der Waals surface area (Å²) in [7, 11) is 0. The van der Waals surface area contributed by atoms with Crippen LogP contribution in [0.25, 0.3) is 11.3 Å². The molecular weight excluding hydrogens is 316 g/mol. The van der Waals surface area contributed by atoms with Crippen LogP contribution in [0.3, 0.4) is 0 Å². The Morgan fingerprint density at radius 2 is 1.96 bits per heavy atom. The van der Waals surface area contributed by atoms with Crippen LogP contribution >= 0.6 is 11.8 Å². The molecule has 0 radical (unpaired) electrons.